The van der Waals surface area contributed by atoms with Crippen LogP contribution in [0.5, 0.6) is 0 Å². The topological polar surface area (TPSA) is 34.9 Å². The number of benzene rings is 1. The van der Waals surface area contributed by atoms with Crippen molar-refractivity contribution in [1.82, 2.24) is 9.78 Å². The van der Waals surface area contributed by atoms with Gasteiger partial charge >= 0.3 is 0 Å². The van der Waals surface area contributed by atoms with Crippen LogP contribution in [0.25, 0.3) is 0 Å². The summed E-state index contributed by atoms with van der Waals surface area (Å²) < 4.78 is 2.71. The van der Waals surface area contributed by atoms with E-state index in [1.165, 1.54) is 0 Å². The summed E-state index contributed by atoms with van der Waals surface area (Å²) in [6.45, 7) is 4.15. The highest BCUT2D eigenvalue weighted by molar-refractivity contribution is 9.10. The summed E-state index contributed by atoms with van der Waals surface area (Å²) >= 11 is 5.13. The molecule has 0 spiro atoms. The molecule has 5 heteroatoms. The van der Waals surface area contributed by atoms with Crippen LogP contribution < -0.4 is 0 Å². The average Bonchev–Trinajstić information content (AvgIpc) is 2.66. The molecule has 19 heavy (non-hydrogen) atoms. The van der Waals surface area contributed by atoms with Crippen molar-refractivity contribution < 1.29 is 4.79 Å². The van der Waals surface area contributed by atoms with Crippen molar-refractivity contribution in [3.8, 4) is 0 Å². The van der Waals surface area contributed by atoms with Crippen LogP contribution in [0.2, 0.25) is 0 Å². The monoisotopic (exact) mass is 338 g/mol. The zero-order valence-corrected chi connectivity index (χ0v) is 13.5. The normalized spacial score (nSPS) is 10.7. The van der Waals surface area contributed by atoms with Crippen molar-refractivity contribution in [3.63, 3.8) is 0 Å². The van der Waals surface area contributed by atoms with Gasteiger partial charge in [-0.05, 0) is 48.2 Å². The molecule has 3 nitrogen and oxygen atoms in total. The molecule has 1 aromatic heterocycles. The van der Waals surface area contributed by atoms with Crippen LogP contribution in [-0.4, -0.2) is 21.8 Å². The molecular formula is C14H15BrN2OS. The highest BCUT2D eigenvalue weighted by Gasteiger charge is 2.13. The lowest BCUT2D eigenvalue weighted by Crippen LogP contribution is -2.13. The smallest absolute Gasteiger partial charge is 0.184 e. The zero-order chi connectivity index (χ0) is 14.0. The lowest BCUT2D eigenvalue weighted by atomic mass is 10.1. The largest absolute Gasteiger partial charge is 0.292 e. The number of nitrogens with zero attached hydrogens (tertiary/aromatic N) is 2. The number of carbonyl (C=O) groups is 1. The molecule has 2 aromatic rings. The van der Waals surface area contributed by atoms with Gasteiger partial charge in [-0.15, -0.1) is 11.8 Å². The summed E-state index contributed by atoms with van der Waals surface area (Å²) in [5.41, 5.74) is 2.61. The van der Waals surface area contributed by atoms with E-state index in [1.807, 2.05) is 44.4 Å². The van der Waals surface area contributed by atoms with Crippen LogP contribution in [0.4, 0.5) is 0 Å². The molecule has 2 rings (SSSR count). The SMILES string of the molecule is CSc1ccc(C(=O)Cn2nc(C)c(Br)c2C)cc1. The number of ketones is 1. The minimum Gasteiger partial charge on any atom is -0.292 e. The maximum Gasteiger partial charge on any atom is 0.184 e. The van der Waals surface area contributed by atoms with E-state index in [0.29, 0.717) is 0 Å². The molecule has 1 heterocycles. The van der Waals surface area contributed by atoms with E-state index in [0.717, 1.165) is 26.3 Å². The molecule has 0 N–H and O–H groups in total. The summed E-state index contributed by atoms with van der Waals surface area (Å²) in [6, 6.07) is 7.67. The lowest BCUT2D eigenvalue weighted by molar-refractivity contribution is 0.0966. The van der Waals surface area contributed by atoms with Crippen LogP contribution in [0.1, 0.15) is 21.7 Å². The molecule has 0 amide bonds. The number of thioether (sulfide) groups is 1. The molecule has 0 radical (unpaired) electrons. The molecule has 0 bridgehead atoms. The van der Waals surface area contributed by atoms with Gasteiger partial charge in [0, 0.05) is 10.5 Å². The molecule has 0 fully saturated rings. The number of hydrogen-bond acceptors (Lipinski definition) is 3. The number of aryl methyl sites for hydroxylation is 1. The van der Waals surface area contributed by atoms with Gasteiger partial charge in [-0.3, -0.25) is 9.48 Å². The van der Waals surface area contributed by atoms with Gasteiger partial charge in [0.15, 0.2) is 5.78 Å². The van der Waals surface area contributed by atoms with E-state index in [1.54, 1.807) is 16.4 Å². The van der Waals surface area contributed by atoms with Gasteiger partial charge in [-0.25, -0.2) is 0 Å². The van der Waals surface area contributed by atoms with Gasteiger partial charge in [0.1, 0.15) is 6.54 Å². The predicted octanol–water partition coefficient (Wildman–Crippen LogP) is 3.87. The van der Waals surface area contributed by atoms with Gasteiger partial charge in [0.2, 0.25) is 0 Å². The first-order chi connectivity index (χ1) is 9.02. The van der Waals surface area contributed by atoms with Crippen LogP contribution in [0.15, 0.2) is 33.6 Å². The number of rotatable bonds is 4. The molecule has 0 saturated heterocycles. The van der Waals surface area contributed by atoms with Crippen molar-refractivity contribution in [3.05, 3.63) is 45.7 Å². The Labute approximate surface area is 125 Å². The third-order valence-corrected chi connectivity index (χ3v) is 4.89. The Morgan fingerprint density at radius 2 is 1.95 bits per heavy atom. The molecule has 0 atom stereocenters. The molecule has 0 aliphatic rings. The van der Waals surface area contributed by atoms with Crippen molar-refractivity contribution in [2.75, 3.05) is 6.26 Å². The van der Waals surface area contributed by atoms with E-state index >= 15 is 0 Å². The number of carbonyl (C=O) groups excluding carboxylic acids is 1. The first-order valence-electron chi connectivity index (χ1n) is 5.89. The molecule has 0 aliphatic carbocycles. The Kier molecular flexibility index (Phi) is 4.47. The highest BCUT2D eigenvalue weighted by Crippen LogP contribution is 2.20. The quantitative estimate of drug-likeness (QED) is 0.627. The third kappa shape index (κ3) is 3.09. The standard InChI is InChI=1S/C14H15BrN2OS/c1-9-14(15)10(2)17(16-9)8-13(18)11-4-6-12(19-3)7-5-11/h4-7H,8H2,1-3H3. The molecule has 1 aromatic carbocycles. The van der Waals surface area contributed by atoms with Crippen LogP contribution in [-0.2, 0) is 6.54 Å². The lowest BCUT2D eigenvalue weighted by Gasteiger charge is -2.05. The summed E-state index contributed by atoms with van der Waals surface area (Å²) in [4.78, 5) is 13.4. The van der Waals surface area contributed by atoms with Gasteiger partial charge in [0.05, 0.1) is 15.9 Å². The van der Waals surface area contributed by atoms with Gasteiger partial charge < -0.3 is 0 Å². The Morgan fingerprint density at radius 3 is 2.42 bits per heavy atom. The Bertz CT molecular complexity index is 605. The minimum atomic E-state index is 0.0748. The fourth-order valence-electron chi connectivity index (χ4n) is 1.83. The highest BCUT2D eigenvalue weighted by atomic mass is 79.9. The first kappa shape index (κ1) is 14.3. The Balaban J connectivity index is 2.18. The Morgan fingerprint density at radius 1 is 1.32 bits per heavy atom. The van der Waals surface area contributed by atoms with Gasteiger partial charge in [-0.1, -0.05) is 12.1 Å². The second kappa shape index (κ2) is 5.92. The summed E-state index contributed by atoms with van der Waals surface area (Å²) in [5.74, 6) is 0.0748. The molecule has 0 unspecified atom stereocenters. The van der Waals surface area contributed by atoms with Crippen molar-refractivity contribution in [2.45, 2.75) is 25.3 Å². The molecule has 100 valence electrons. The Hall–Kier alpha value is -1.07. The van der Waals surface area contributed by atoms with E-state index in [2.05, 4.69) is 21.0 Å². The maximum atomic E-state index is 12.2. The second-order valence-corrected chi connectivity index (χ2v) is 5.97. The van der Waals surface area contributed by atoms with E-state index in [4.69, 9.17) is 0 Å². The van der Waals surface area contributed by atoms with Crippen LogP contribution in [0.3, 0.4) is 0 Å². The second-order valence-electron chi connectivity index (χ2n) is 4.29. The number of Topliss-reactive ketones (excluding diaryl/α,β-unsaturated/α-hetero) is 1. The minimum absolute atomic E-state index is 0.0748. The van der Waals surface area contributed by atoms with Gasteiger partial charge in [-0.2, -0.15) is 5.10 Å². The van der Waals surface area contributed by atoms with Crippen molar-refractivity contribution >= 4 is 33.5 Å². The van der Waals surface area contributed by atoms with Crippen LogP contribution in [0, 0.1) is 13.8 Å². The summed E-state index contributed by atoms with van der Waals surface area (Å²) in [5, 5.41) is 4.35. The van der Waals surface area contributed by atoms with E-state index < -0.39 is 0 Å². The van der Waals surface area contributed by atoms with Crippen LogP contribution >= 0.6 is 27.7 Å². The fourth-order valence-corrected chi connectivity index (χ4v) is 2.53. The predicted molar refractivity (Wildman–Crippen MR) is 82.0 cm³/mol. The first-order valence-corrected chi connectivity index (χ1v) is 7.91. The molecule has 0 aliphatic heterocycles. The molecular weight excluding hydrogens is 324 g/mol. The summed E-state index contributed by atoms with van der Waals surface area (Å²) in [7, 11) is 0. The van der Waals surface area contributed by atoms with E-state index in [-0.39, 0.29) is 12.3 Å². The number of aromatic nitrogens is 2. The van der Waals surface area contributed by atoms with Gasteiger partial charge in [0.25, 0.3) is 0 Å². The third-order valence-electron chi connectivity index (χ3n) is 3.00. The number of hydrogen-bond donors (Lipinski definition) is 0. The van der Waals surface area contributed by atoms with E-state index in [9.17, 15) is 4.79 Å². The zero-order valence-electron chi connectivity index (χ0n) is 11.1. The maximum absolute atomic E-state index is 12.2. The summed E-state index contributed by atoms with van der Waals surface area (Å²) in [6.07, 6.45) is 2.02. The molecule has 0 saturated carbocycles. The van der Waals surface area contributed by atoms with Crippen molar-refractivity contribution in [2.24, 2.45) is 0 Å². The average molecular weight is 339 g/mol. The number of halogens is 1. The van der Waals surface area contributed by atoms with Crippen molar-refractivity contribution in [1.29, 1.82) is 0 Å². The fraction of sp³-hybridized carbons (Fsp3) is 0.286.